The molecule has 0 radical (unpaired) electrons. The van der Waals surface area contributed by atoms with Gasteiger partial charge >= 0.3 is 0 Å². The minimum atomic E-state index is 0.363. The number of benzene rings is 1. The lowest BCUT2D eigenvalue weighted by atomic mass is 10.0. The molecule has 0 aromatic heterocycles. The Kier molecular flexibility index (Phi) is 3.90. The van der Waals surface area contributed by atoms with Crippen molar-refractivity contribution in [3.63, 3.8) is 0 Å². The molecule has 1 atom stereocenters. The summed E-state index contributed by atoms with van der Waals surface area (Å²) in [4.78, 5) is 2.44. The van der Waals surface area contributed by atoms with E-state index in [0.29, 0.717) is 6.04 Å². The normalized spacial score (nSPS) is 23.2. The van der Waals surface area contributed by atoms with Crippen LogP contribution in [0.1, 0.15) is 24.5 Å². The predicted octanol–water partition coefficient (Wildman–Crippen LogP) is 2.11. The molecule has 0 bridgehead atoms. The summed E-state index contributed by atoms with van der Waals surface area (Å²) in [5, 5.41) is 3.31. The molecular formula is C17H23N3. The molecule has 2 aliphatic rings. The summed E-state index contributed by atoms with van der Waals surface area (Å²) in [6, 6.07) is 9.32. The van der Waals surface area contributed by atoms with Crippen LogP contribution in [0.3, 0.4) is 0 Å². The van der Waals surface area contributed by atoms with Crippen molar-refractivity contribution in [3.8, 4) is 0 Å². The minimum absolute atomic E-state index is 0.363. The third-order valence-corrected chi connectivity index (χ3v) is 4.06. The number of dihydropyridines is 1. The number of nitrogens with one attached hydrogen (secondary N) is 1. The lowest BCUT2D eigenvalue weighted by molar-refractivity contribution is 0.327. The van der Waals surface area contributed by atoms with Crippen molar-refractivity contribution in [2.24, 2.45) is 5.73 Å². The summed E-state index contributed by atoms with van der Waals surface area (Å²) in [7, 11) is 0. The van der Waals surface area contributed by atoms with Crippen LogP contribution in [0, 0.1) is 0 Å². The number of hydrogen-bond acceptors (Lipinski definition) is 3. The van der Waals surface area contributed by atoms with E-state index >= 15 is 0 Å². The molecule has 106 valence electrons. The van der Waals surface area contributed by atoms with Gasteiger partial charge in [-0.05, 0) is 41.8 Å². The van der Waals surface area contributed by atoms with Crippen molar-refractivity contribution < 1.29 is 0 Å². The fourth-order valence-corrected chi connectivity index (χ4v) is 2.96. The summed E-state index contributed by atoms with van der Waals surface area (Å²) >= 11 is 0. The van der Waals surface area contributed by atoms with Gasteiger partial charge < -0.3 is 11.1 Å². The van der Waals surface area contributed by atoms with E-state index in [1.807, 2.05) is 0 Å². The fraction of sp³-hybridized carbons (Fsp3) is 0.412. The molecule has 1 saturated heterocycles. The van der Waals surface area contributed by atoms with E-state index in [1.165, 1.54) is 22.3 Å². The topological polar surface area (TPSA) is 41.3 Å². The lowest BCUT2D eigenvalue weighted by Crippen LogP contribution is -2.26. The molecule has 0 aliphatic carbocycles. The van der Waals surface area contributed by atoms with Crippen molar-refractivity contribution >= 4 is 5.57 Å². The van der Waals surface area contributed by atoms with Gasteiger partial charge in [-0.15, -0.1) is 0 Å². The quantitative estimate of drug-likeness (QED) is 0.883. The largest absolute Gasteiger partial charge is 0.387 e. The van der Waals surface area contributed by atoms with Crippen molar-refractivity contribution in [2.75, 3.05) is 19.6 Å². The van der Waals surface area contributed by atoms with E-state index in [-0.39, 0.29) is 0 Å². The average molecular weight is 269 g/mol. The third kappa shape index (κ3) is 3.11. The summed E-state index contributed by atoms with van der Waals surface area (Å²) in [5.74, 6) is 0. The maximum absolute atomic E-state index is 5.95. The standard InChI is InChI=1S/C17H23N3/c1-13-8-16(10-19-9-13)15-4-2-14(3-5-15)11-20-7-6-17(18)12-20/h2-5,8-9,17,19H,6-7,10-12,18H2,1H3/t17-/m1/s1. The van der Waals surface area contributed by atoms with Crippen LogP contribution in [0.5, 0.6) is 0 Å². The second kappa shape index (κ2) is 5.81. The van der Waals surface area contributed by atoms with E-state index in [2.05, 4.69) is 53.7 Å². The number of nitrogens with two attached hydrogens (primary N) is 1. The third-order valence-electron chi connectivity index (χ3n) is 4.06. The molecular weight excluding hydrogens is 246 g/mol. The minimum Gasteiger partial charge on any atom is -0.387 e. The van der Waals surface area contributed by atoms with Crippen LogP contribution in [-0.4, -0.2) is 30.6 Å². The zero-order valence-electron chi connectivity index (χ0n) is 12.1. The Balaban J connectivity index is 1.67. The van der Waals surface area contributed by atoms with Gasteiger partial charge in [-0.1, -0.05) is 30.3 Å². The summed E-state index contributed by atoms with van der Waals surface area (Å²) in [6.07, 6.45) is 5.45. The molecule has 1 fully saturated rings. The number of rotatable bonds is 3. The van der Waals surface area contributed by atoms with Crippen molar-refractivity contribution in [1.29, 1.82) is 0 Å². The first kappa shape index (κ1) is 13.4. The maximum atomic E-state index is 5.95. The van der Waals surface area contributed by atoms with Crippen molar-refractivity contribution in [1.82, 2.24) is 10.2 Å². The zero-order valence-corrected chi connectivity index (χ0v) is 12.1. The highest BCUT2D eigenvalue weighted by molar-refractivity contribution is 5.70. The molecule has 3 N–H and O–H groups in total. The number of allylic oxidation sites excluding steroid dienone is 2. The first-order valence-electron chi connectivity index (χ1n) is 7.39. The van der Waals surface area contributed by atoms with Gasteiger partial charge in [0, 0.05) is 32.2 Å². The van der Waals surface area contributed by atoms with Gasteiger partial charge in [-0.25, -0.2) is 0 Å². The Morgan fingerprint density at radius 2 is 2.10 bits per heavy atom. The summed E-state index contributed by atoms with van der Waals surface area (Å²) < 4.78 is 0. The van der Waals surface area contributed by atoms with E-state index in [1.54, 1.807) is 0 Å². The molecule has 2 heterocycles. The van der Waals surface area contributed by atoms with Gasteiger partial charge in [0.15, 0.2) is 0 Å². The molecule has 3 rings (SSSR count). The average Bonchev–Trinajstić information content (AvgIpc) is 2.85. The van der Waals surface area contributed by atoms with Crippen LogP contribution >= 0.6 is 0 Å². The fourth-order valence-electron chi connectivity index (χ4n) is 2.96. The van der Waals surface area contributed by atoms with Gasteiger partial charge in [-0.2, -0.15) is 0 Å². The van der Waals surface area contributed by atoms with Gasteiger partial charge in [0.05, 0.1) is 0 Å². The van der Waals surface area contributed by atoms with Crippen LogP contribution < -0.4 is 11.1 Å². The van der Waals surface area contributed by atoms with Crippen molar-refractivity contribution in [3.05, 3.63) is 53.2 Å². The van der Waals surface area contributed by atoms with Crippen LogP contribution in [0.25, 0.3) is 5.57 Å². The Morgan fingerprint density at radius 1 is 1.30 bits per heavy atom. The number of nitrogens with zero attached hydrogens (tertiary/aromatic N) is 1. The number of likely N-dealkylation sites (tertiary alicyclic amines) is 1. The molecule has 2 aliphatic heterocycles. The molecule has 0 saturated carbocycles. The van der Waals surface area contributed by atoms with Crippen LogP contribution in [0.15, 0.2) is 42.1 Å². The smallest absolute Gasteiger partial charge is 0.0401 e. The molecule has 20 heavy (non-hydrogen) atoms. The van der Waals surface area contributed by atoms with Crippen molar-refractivity contribution in [2.45, 2.75) is 25.9 Å². The van der Waals surface area contributed by atoms with E-state index < -0.39 is 0 Å². The highest BCUT2D eigenvalue weighted by atomic mass is 15.2. The SMILES string of the molecule is CC1=CNCC(c2ccc(CN3CC[C@@H](N)C3)cc2)=C1. The number of hydrogen-bond donors (Lipinski definition) is 2. The summed E-state index contributed by atoms with van der Waals surface area (Å²) in [6.45, 7) is 6.21. The molecule has 0 spiro atoms. The maximum Gasteiger partial charge on any atom is 0.0401 e. The van der Waals surface area contributed by atoms with Gasteiger partial charge in [-0.3, -0.25) is 4.90 Å². The van der Waals surface area contributed by atoms with E-state index in [9.17, 15) is 0 Å². The lowest BCUT2D eigenvalue weighted by Gasteiger charge is -2.17. The summed E-state index contributed by atoms with van der Waals surface area (Å²) in [5.41, 5.74) is 11.3. The predicted molar refractivity (Wildman–Crippen MR) is 84.0 cm³/mol. The van der Waals surface area contributed by atoms with Gasteiger partial charge in [0.1, 0.15) is 0 Å². The Hall–Kier alpha value is -1.58. The van der Waals surface area contributed by atoms with E-state index in [0.717, 1.165) is 32.6 Å². The second-order valence-corrected chi connectivity index (χ2v) is 5.92. The highest BCUT2D eigenvalue weighted by Crippen LogP contribution is 2.20. The highest BCUT2D eigenvalue weighted by Gasteiger charge is 2.18. The van der Waals surface area contributed by atoms with E-state index in [4.69, 9.17) is 5.73 Å². The molecule has 3 heteroatoms. The van der Waals surface area contributed by atoms with Crippen LogP contribution in [0.4, 0.5) is 0 Å². The Morgan fingerprint density at radius 3 is 2.75 bits per heavy atom. The Labute approximate surface area is 121 Å². The first-order valence-corrected chi connectivity index (χ1v) is 7.39. The van der Waals surface area contributed by atoms with Crippen LogP contribution in [-0.2, 0) is 6.54 Å². The molecule has 0 unspecified atom stereocenters. The zero-order chi connectivity index (χ0) is 13.9. The Bertz CT molecular complexity index is 528. The monoisotopic (exact) mass is 269 g/mol. The van der Waals surface area contributed by atoms with Crippen LogP contribution in [0.2, 0.25) is 0 Å². The molecule has 1 aromatic carbocycles. The second-order valence-electron chi connectivity index (χ2n) is 5.92. The first-order chi connectivity index (χ1) is 9.70. The van der Waals surface area contributed by atoms with Gasteiger partial charge in [0.25, 0.3) is 0 Å². The molecule has 3 nitrogen and oxygen atoms in total. The van der Waals surface area contributed by atoms with Gasteiger partial charge in [0.2, 0.25) is 0 Å². The molecule has 0 amide bonds. The molecule has 1 aromatic rings.